The fourth-order valence-corrected chi connectivity index (χ4v) is 6.69. The van der Waals surface area contributed by atoms with Crippen molar-refractivity contribution in [1.29, 1.82) is 0 Å². The third-order valence-electron chi connectivity index (χ3n) is 10.6. The van der Waals surface area contributed by atoms with Gasteiger partial charge in [0.2, 0.25) is 0 Å². The number of carbonyl (C=O) groups is 2. The van der Waals surface area contributed by atoms with Gasteiger partial charge in [0, 0.05) is 12.8 Å². The predicted molar refractivity (Wildman–Crippen MR) is 252 cm³/mol. The summed E-state index contributed by atoms with van der Waals surface area (Å²) >= 11 is 0. The fraction of sp³-hybridized carbons (Fsp3) is 0.647. The highest BCUT2D eigenvalue weighted by molar-refractivity contribution is 5.70. The molecule has 2 aliphatic rings. The number of hydrogen-bond donors (Lipinski definition) is 7. The molecule has 0 aromatic heterocycles. The molecular weight excluding hydrogens is 853 g/mol. The zero-order valence-electron chi connectivity index (χ0n) is 39.1. The number of aliphatic hydroxyl groups excluding tert-OH is 7. The minimum Gasteiger partial charge on any atom is -0.462 e. The molecule has 2 rings (SSSR count). The van der Waals surface area contributed by atoms with Crippen LogP contribution >= 0.6 is 0 Å². The molecule has 0 aromatic rings. The van der Waals surface area contributed by atoms with Crippen molar-refractivity contribution in [1.82, 2.24) is 0 Å². The van der Waals surface area contributed by atoms with Crippen molar-refractivity contribution in [3.05, 3.63) is 97.2 Å². The number of ether oxygens (including phenoxy) is 6. The van der Waals surface area contributed by atoms with Crippen molar-refractivity contribution >= 4 is 11.9 Å². The summed E-state index contributed by atoms with van der Waals surface area (Å²) in [6, 6.07) is 0. The summed E-state index contributed by atoms with van der Waals surface area (Å²) in [6.45, 7) is 2.21. The van der Waals surface area contributed by atoms with Crippen molar-refractivity contribution in [3.63, 3.8) is 0 Å². The fourth-order valence-electron chi connectivity index (χ4n) is 6.69. The number of unbranched alkanes of at least 4 members (excludes halogenated alkanes) is 4. The SMILES string of the molecule is CC/C=C\C/C=C\C/C=C\C/C=C\CCCCCCC(=O)OC(COC(=O)CC/C=C\C/C=C\C/C=C\C/C=C\CC)COC1OC(COC2OC(CO)C(O)C(O)C2O)C(O)C(O)C1O. The summed E-state index contributed by atoms with van der Waals surface area (Å²) in [7, 11) is 0. The summed E-state index contributed by atoms with van der Waals surface area (Å²) < 4.78 is 33.4. The summed E-state index contributed by atoms with van der Waals surface area (Å²) in [6.07, 6.45) is 28.9. The molecule has 7 N–H and O–H groups in total. The van der Waals surface area contributed by atoms with E-state index in [1.54, 1.807) is 0 Å². The average molecular weight is 933 g/mol. The summed E-state index contributed by atoms with van der Waals surface area (Å²) in [5, 5.41) is 71.9. The number of hydrogen-bond acceptors (Lipinski definition) is 15. The van der Waals surface area contributed by atoms with Crippen molar-refractivity contribution < 1.29 is 73.8 Å². The highest BCUT2D eigenvalue weighted by atomic mass is 16.7. The molecule has 11 unspecified atom stereocenters. The minimum absolute atomic E-state index is 0.0846. The van der Waals surface area contributed by atoms with Gasteiger partial charge in [0.25, 0.3) is 0 Å². The van der Waals surface area contributed by atoms with Gasteiger partial charge < -0.3 is 64.2 Å². The van der Waals surface area contributed by atoms with Gasteiger partial charge in [-0.25, -0.2) is 0 Å². The standard InChI is InChI=1S/C51H80O15/c1-3-5-7-9-11-13-15-17-18-19-20-22-24-26-28-30-32-34-43(54)64-39(36-61-42(53)33-31-29-27-25-23-21-16-14-12-10-8-6-4-2)37-62-50-49(60)47(58)45(56)41(66-50)38-63-51-48(59)46(57)44(55)40(35-52)65-51/h5-8,11-14,17-18,20-23,27,29,39-41,44-52,55-60H,3-4,9-10,15-16,19,24-26,28,30-38H2,1-2H3/b7-5-,8-6-,13-11-,14-12-,18-17-,22-20-,23-21-,29-27-. The van der Waals surface area contributed by atoms with Crippen LogP contribution in [0.3, 0.4) is 0 Å². The molecule has 0 radical (unpaired) electrons. The normalized spacial score (nSPS) is 27.0. The van der Waals surface area contributed by atoms with Gasteiger partial charge in [-0.15, -0.1) is 0 Å². The number of rotatable bonds is 34. The Morgan fingerprint density at radius 3 is 1.47 bits per heavy atom. The molecule has 0 aromatic carbocycles. The van der Waals surface area contributed by atoms with Crippen LogP contribution in [0.1, 0.15) is 117 Å². The molecule has 2 saturated heterocycles. The van der Waals surface area contributed by atoms with Gasteiger partial charge in [0.1, 0.15) is 55.4 Å². The Bertz CT molecular complexity index is 1520. The van der Waals surface area contributed by atoms with E-state index < -0.39 is 99.3 Å². The number of allylic oxidation sites excluding steroid dienone is 16. The predicted octanol–water partition coefficient (Wildman–Crippen LogP) is 5.81. The lowest BCUT2D eigenvalue weighted by Gasteiger charge is -2.42. The second-order valence-electron chi connectivity index (χ2n) is 16.2. The van der Waals surface area contributed by atoms with Gasteiger partial charge in [-0.05, 0) is 77.0 Å². The Hall–Kier alpha value is -3.58. The third-order valence-corrected chi connectivity index (χ3v) is 10.6. The maximum absolute atomic E-state index is 13.0. The molecule has 11 atom stereocenters. The average Bonchev–Trinajstić information content (AvgIpc) is 3.31. The lowest BCUT2D eigenvalue weighted by Crippen LogP contribution is -2.61. The molecule has 2 fully saturated rings. The third kappa shape index (κ3) is 25.5. The molecule has 2 heterocycles. The Labute approximate surface area is 392 Å². The van der Waals surface area contributed by atoms with Crippen LogP contribution in [0.15, 0.2) is 97.2 Å². The van der Waals surface area contributed by atoms with Crippen LogP contribution in [-0.4, -0.2) is 142 Å². The van der Waals surface area contributed by atoms with Crippen LogP contribution in [0.2, 0.25) is 0 Å². The van der Waals surface area contributed by atoms with Gasteiger partial charge in [-0.1, -0.05) is 124 Å². The van der Waals surface area contributed by atoms with E-state index in [4.69, 9.17) is 28.4 Å². The van der Waals surface area contributed by atoms with Gasteiger partial charge >= 0.3 is 11.9 Å². The molecule has 0 saturated carbocycles. The van der Waals surface area contributed by atoms with Crippen LogP contribution in [0, 0.1) is 0 Å². The smallest absolute Gasteiger partial charge is 0.306 e. The van der Waals surface area contributed by atoms with E-state index in [0.717, 1.165) is 77.0 Å². The lowest BCUT2D eigenvalue weighted by molar-refractivity contribution is -0.332. The van der Waals surface area contributed by atoms with E-state index in [1.165, 1.54) is 0 Å². The van der Waals surface area contributed by atoms with Gasteiger partial charge in [-0.3, -0.25) is 9.59 Å². The Morgan fingerprint density at radius 2 is 0.939 bits per heavy atom. The van der Waals surface area contributed by atoms with Crippen LogP contribution in [0.5, 0.6) is 0 Å². The van der Waals surface area contributed by atoms with Crippen LogP contribution < -0.4 is 0 Å². The van der Waals surface area contributed by atoms with E-state index in [9.17, 15) is 45.3 Å². The van der Waals surface area contributed by atoms with Gasteiger partial charge in [0.15, 0.2) is 18.7 Å². The van der Waals surface area contributed by atoms with Crippen molar-refractivity contribution in [2.75, 3.05) is 26.4 Å². The number of carbonyl (C=O) groups excluding carboxylic acids is 2. The van der Waals surface area contributed by atoms with Gasteiger partial charge in [0.05, 0.1) is 19.8 Å². The maximum atomic E-state index is 13.0. The van der Waals surface area contributed by atoms with E-state index in [2.05, 4.69) is 98.9 Å². The van der Waals surface area contributed by atoms with E-state index >= 15 is 0 Å². The Kier molecular flexibility index (Phi) is 33.2. The molecule has 15 heteroatoms. The molecule has 0 aliphatic carbocycles. The Morgan fingerprint density at radius 1 is 0.485 bits per heavy atom. The van der Waals surface area contributed by atoms with E-state index in [0.29, 0.717) is 12.8 Å². The van der Waals surface area contributed by atoms with Crippen LogP contribution in [0.25, 0.3) is 0 Å². The highest BCUT2D eigenvalue weighted by Gasteiger charge is 2.47. The number of esters is 2. The lowest BCUT2D eigenvalue weighted by atomic mass is 9.98. The largest absolute Gasteiger partial charge is 0.462 e. The summed E-state index contributed by atoms with van der Waals surface area (Å²) in [5.74, 6) is -1.06. The van der Waals surface area contributed by atoms with Crippen molar-refractivity contribution in [2.45, 2.75) is 184 Å². The minimum atomic E-state index is -1.78. The quantitative estimate of drug-likeness (QED) is 0.0229. The second-order valence-corrected chi connectivity index (χ2v) is 16.2. The molecule has 2 aliphatic heterocycles. The van der Waals surface area contributed by atoms with Gasteiger partial charge in [-0.2, -0.15) is 0 Å². The first-order chi connectivity index (χ1) is 32.0. The van der Waals surface area contributed by atoms with E-state index in [-0.39, 0.29) is 19.4 Å². The summed E-state index contributed by atoms with van der Waals surface area (Å²) in [4.78, 5) is 25.6. The molecule has 374 valence electrons. The van der Waals surface area contributed by atoms with Crippen LogP contribution in [-0.2, 0) is 38.0 Å². The maximum Gasteiger partial charge on any atom is 0.306 e. The van der Waals surface area contributed by atoms with Crippen molar-refractivity contribution in [2.24, 2.45) is 0 Å². The summed E-state index contributed by atoms with van der Waals surface area (Å²) in [5.41, 5.74) is 0. The molecule has 0 bridgehead atoms. The monoisotopic (exact) mass is 933 g/mol. The second kappa shape index (κ2) is 37.4. The molecule has 0 amide bonds. The first kappa shape index (κ1) is 58.5. The van der Waals surface area contributed by atoms with E-state index in [1.807, 2.05) is 12.2 Å². The number of aliphatic hydroxyl groups is 7. The first-order valence-corrected chi connectivity index (χ1v) is 23.8. The zero-order chi connectivity index (χ0) is 48.2. The van der Waals surface area contributed by atoms with Crippen molar-refractivity contribution in [3.8, 4) is 0 Å². The molecule has 66 heavy (non-hydrogen) atoms. The van der Waals surface area contributed by atoms with Crippen LogP contribution in [0.4, 0.5) is 0 Å². The molecular formula is C51H80O15. The Balaban J connectivity index is 1.88. The zero-order valence-corrected chi connectivity index (χ0v) is 39.1. The first-order valence-electron chi connectivity index (χ1n) is 23.8. The molecule has 0 spiro atoms. The highest BCUT2D eigenvalue weighted by Crippen LogP contribution is 2.26. The topological polar surface area (TPSA) is 231 Å². The molecule has 15 nitrogen and oxygen atoms in total.